The van der Waals surface area contributed by atoms with Gasteiger partial charge in [0.1, 0.15) is 6.17 Å². The highest BCUT2D eigenvalue weighted by molar-refractivity contribution is 5.59. The second kappa shape index (κ2) is 3.90. The molecule has 1 aromatic carbocycles. The zero-order chi connectivity index (χ0) is 11.7. The summed E-state index contributed by atoms with van der Waals surface area (Å²) in [6.45, 7) is 4.19. The lowest BCUT2D eigenvalue weighted by atomic mass is 10.1. The van der Waals surface area contributed by atoms with Gasteiger partial charge in [0.25, 0.3) is 0 Å². The maximum Gasteiger partial charge on any atom is 0.102 e. The molecule has 1 heterocycles. The van der Waals surface area contributed by atoms with Gasteiger partial charge in [0.2, 0.25) is 0 Å². The van der Waals surface area contributed by atoms with E-state index in [9.17, 15) is 0 Å². The molecule has 0 bridgehead atoms. The van der Waals surface area contributed by atoms with Crippen molar-refractivity contribution in [1.82, 2.24) is 4.90 Å². The highest BCUT2D eigenvalue weighted by Gasteiger charge is 2.21. The highest BCUT2D eigenvalue weighted by atomic mass is 15.4. The van der Waals surface area contributed by atoms with Crippen LogP contribution in [0.1, 0.15) is 18.1 Å². The lowest BCUT2D eigenvalue weighted by Crippen LogP contribution is -2.33. The molecule has 1 aliphatic rings. The summed E-state index contributed by atoms with van der Waals surface area (Å²) in [5.41, 5.74) is 3.00. The summed E-state index contributed by atoms with van der Waals surface area (Å²) < 4.78 is 0. The van der Waals surface area contributed by atoms with Crippen LogP contribution in [0.4, 0.5) is 5.69 Å². The average molecular weight is 213 g/mol. The molecule has 0 amide bonds. The van der Waals surface area contributed by atoms with Crippen LogP contribution in [-0.2, 0) is 0 Å². The van der Waals surface area contributed by atoms with Gasteiger partial charge in [-0.25, -0.2) is 0 Å². The molecule has 3 nitrogen and oxygen atoms in total. The first-order valence-corrected chi connectivity index (χ1v) is 5.33. The van der Waals surface area contributed by atoms with Crippen LogP contribution in [0.3, 0.4) is 0 Å². The molecule has 0 aliphatic carbocycles. The number of hydrogen-bond donors (Lipinski definition) is 0. The third-order valence-corrected chi connectivity index (χ3v) is 3.06. The monoisotopic (exact) mass is 213 g/mol. The van der Waals surface area contributed by atoms with Crippen molar-refractivity contribution in [1.29, 1.82) is 5.26 Å². The summed E-state index contributed by atoms with van der Waals surface area (Å²) in [4.78, 5) is 4.36. The summed E-state index contributed by atoms with van der Waals surface area (Å²) in [5, 5.41) is 8.83. The van der Waals surface area contributed by atoms with Crippen LogP contribution in [0.15, 0.2) is 30.6 Å². The molecule has 0 spiro atoms. The number of nitrogens with zero attached hydrogens (tertiary/aromatic N) is 3. The Morgan fingerprint density at radius 3 is 2.56 bits per heavy atom. The Hall–Kier alpha value is -1.95. The SMILES string of the molecule is Cc1cc(C#N)ccc1N1C=CN(C)[C@H]1C. The Morgan fingerprint density at radius 1 is 1.31 bits per heavy atom. The molecule has 0 N–H and O–H groups in total. The van der Waals surface area contributed by atoms with Crippen LogP contribution in [0.5, 0.6) is 0 Å². The predicted octanol–water partition coefficient (Wildman–Crippen LogP) is 2.44. The van der Waals surface area contributed by atoms with E-state index in [0.29, 0.717) is 11.7 Å². The fourth-order valence-corrected chi connectivity index (χ4v) is 1.92. The van der Waals surface area contributed by atoms with Gasteiger partial charge in [-0.15, -0.1) is 0 Å². The van der Waals surface area contributed by atoms with E-state index in [1.807, 2.05) is 25.1 Å². The number of nitriles is 1. The number of anilines is 1. The molecule has 0 radical (unpaired) electrons. The Labute approximate surface area is 96.2 Å². The van der Waals surface area contributed by atoms with E-state index in [1.165, 1.54) is 0 Å². The minimum atomic E-state index is 0.326. The largest absolute Gasteiger partial charge is 0.359 e. The van der Waals surface area contributed by atoms with Crippen LogP contribution in [0, 0.1) is 18.3 Å². The first-order valence-electron chi connectivity index (χ1n) is 5.33. The fourth-order valence-electron chi connectivity index (χ4n) is 1.92. The van der Waals surface area contributed by atoms with Crippen molar-refractivity contribution in [2.75, 3.05) is 11.9 Å². The summed E-state index contributed by atoms with van der Waals surface area (Å²) >= 11 is 0. The van der Waals surface area contributed by atoms with Gasteiger partial charge < -0.3 is 9.80 Å². The van der Waals surface area contributed by atoms with Gasteiger partial charge in [0.05, 0.1) is 11.6 Å². The van der Waals surface area contributed by atoms with Crippen molar-refractivity contribution in [3.05, 3.63) is 41.7 Å². The van der Waals surface area contributed by atoms with E-state index in [2.05, 4.69) is 42.2 Å². The molecule has 0 saturated heterocycles. The van der Waals surface area contributed by atoms with Gasteiger partial charge in [0, 0.05) is 25.1 Å². The molecule has 3 heteroatoms. The number of hydrogen-bond acceptors (Lipinski definition) is 3. The standard InChI is InChI=1S/C13H15N3/c1-10-8-12(9-14)4-5-13(10)16-7-6-15(3)11(16)2/h4-8,11H,1-3H3/t11-/m1/s1. The molecule has 2 rings (SSSR count). The predicted molar refractivity (Wildman–Crippen MR) is 64.7 cm³/mol. The van der Waals surface area contributed by atoms with Gasteiger partial charge >= 0.3 is 0 Å². The number of benzene rings is 1. The average Bonchev–Trinajstić information content (AvgIpc) is 2.60. The van der Waals surface area contributed by atoms with E-state index >= 15 is 0 Å². The summed E-state index contributed by atoms with van der Waals surface area (Å²) in [7, 11) is 2.06. The Morgan fingerprint density at radius 2 is 2.06 bits per heavy atom. The van der Waals surface area contributed by atoms with Crippen molar-refractivity contribution >= 4 is 5.69 Å². The van der Waals surface area contributed by atoms with Crippen LogP contribution in [-0.4, -0.2) is 18.1 Å². The Bertz CT molecular complexity index is 471. The second-order valence-electron chi connectivity index (χ2n) is 4.12. The van der Waals surface area contributed by atoms with Crippen molar-refractivity contribution < 1.29 is 0 Å². The second-order valence-corrected chi connectivity index (χ2v) is 4.12. The summed E-state index contributed by atoms with van der Waals surface area (Å²) in [5.74, 6) is 0. The molecular formula is C13H15N3. The fraction of sp³-hybridized carbons (Fsp3) is 0.308. The lowest BCUT2D eigenvalue weighted by molar-refractivity contribution is 0.383. The molecular weight excluding hydrogens is 198 g/mol. The zero-order valence-corrected chi connectivity index (χ0v) is 9.81. The van der Waals surface area contributed by atoms with E-state index in [4.69, 9.17) is 5.26 Å². The number of rotatable bonds is 1. The Kier molecular flexibility index (Phi) is 2.57. The van der Waals surface area contributed by atoms with E-state index < -0.39 is 0 Å². The van der Waals surface area contributed by atoms with Gasteiger partial charge in [-0.1, -0.05) is 0 Å². The normalized spacial score (nSPS) is 19.0. The summed E-state index contributed by atoms with van der Waals surface area (Å²) in [6, 6.07) is 7.95. The van der Waals surface area contributed by atoms with Crippen LogP contribution < -0.4 is 4.90 Å². The van der Waals surface area contributed by atoms with Crippen molar-refractivity contribution in [2.24, 2.45) is 0 Å². The van der Waals surface area contributed by atoms with Crippen LogP contribution >= 0.6 is 0 Å². The van der Waals surface area contributed by atoms with Gasteiger partial charge in [-0.3, -0.25) is 0 Å². The molecule has 1 aromatic rings. The molecule has 0 aromatic heterocycles. The molecule has 0 saturated carbocycles. The maximum atomic E-state index is 8.83. The highest BCUT2D eigenvalue weighted by Crippen LogP contribution is 2.27. The van der Waals surface area contributed by atoms with Gasteiger partial charge in [0.15, 0.2) is 0 Å². The Balaban J connectivity index is 2.36. The zero-order valence-electron chi connectivity index (χ0n) is 9.81. The molecule has 0 fully saturated rings. The molecule has 1 atom stereocenters. The van der Waals surface area contributed by atoms with Crippen molar-refractivity contribution in [3.63, 3.8) is 0 Å². The smallest absolute Gasteiger partial charge is 0.102 e. The maximum absolute atomic E-state index is 8.83. The quantitative estimate of drug-likeness (QED) is 0.717. The molecule has 82 valence electrons. The first-order chi connectivity index (χ1) is 7.63. The minimum Gasteiger partial charge on any atom is -0.359 e. The molecule has 16 heavy (non-hydrogen) atoms. The third kappa shape index (κ3) is 1.63. The van der Waals surface area contributed by atoms with Crippen LogP contribution in [0.25, 0.3) is 0 Å². The molecule has 0 unspecified atom stereocenters. The topological polar surface area (TPSA) is 30.3 Å². The van der Waals surface area contributed by atoms with E-state index in [0.717, 1.165) is 11.3 Å². The van der Waals surface area contributed by atoms with Crippen molar-refractivity contribution in [2.45, 2.75) is 20.0 Å². The van der Waals surface area contributed by atoms with E-state index in [-0.39, 0.29) is 0 Å². The van der Waals surface area contributed by atoms with Gasteiger partial charge in [-0.2, -0.15) is 5.26 Å². The number of aryl methyl sites for hydroxylation is 1. The lowest BCUT2D eigenvalue weighted by Gasteiger charge is -2.28. The van der Waals surface area contributed by atoms with Crippen LogP contribution in [0.2, 0.25) is 0 Å². The first kappa shape index (κ1) is 10.6. The minimum absolute atomic E-state index is 0.326. The summed E-state index contributed by atoms with van der Waals surface area (Å²) in [6.07, 6.45) is 4.45. The van der Waals surface area contributed by atoms with Crippen molar-refractivity contribution in [3.8, 4) is 6.07 Å². The molecule has 1 aliphatic heterocycles. The third-order valence-electron chi connectivity index (χ3n) is 3.06. The van der Waals surface area contributed by atoms with Gasteiger partial charge in [-0.05, 0) is 37.6 Å². The van der Waals surface area contributed by atoms with E-state index in [1.54, 1.807) is 0 Å².